The zero-order valence-electron chi connectivity index (χ0n) is 10.9. The Bertz CT molecular complexity index is 644. The van der Waals surface area contributed by atoms with E-state index < -0.39 is 0 Å². The van der Waals surface area contributed by atoms with Crippen LogP contribution in [0.15, 0.2) is 36.4 Å². The Labute approximate surface area is 112 Å². The van der Waals surface area contributed by atoms with Gasteiger partial charge in [-0.05, 0) is 49.2 Å². The van der Waals surface area contributed by atoms with E-state index in [0.29, 0.717) is 11.1 Å². The maximum Gasteiger partial charge on any atom is 0.123 e. The summed E-state index contributed by atoms with van der Waals surface area (Å²) in [7, 11) is 0. The van der Waals surface area contributed by atoms with Gasteiger partial charge < -0.3 is 4.74 Å². The molecular weight excluding hydrogens is 241 g/mol. The van der Waals surface area contributed by atoms with E-state index in [9.17, 15) is 4.39 Å². The number of hydrogen-bond donors (Lipinski definition) is 0. The first-order chi connectivity index (χ1) is 9.10. The van der Waals surface area contributed by atoms with Crippen LogP contribution in [0.2, 0.25) is 0 Å². The maximum atomic E-state index is 13.2. The number of nitriles is 1. The highest BCUT2D eigenvalue weighted by Gasteiger charge is 2.06. The molecule has 2 rings (SSSR count). The molecule has 3 heteroatoms. The van der Waals surface area contributed by atoms with Crippen molar-refractivity contribution in [1.82, 2.24) is 0 Å². The number of aryl methyl sites for hydroxylation is 2. The molecule has 0 unspecified atom stereocenters. The Morgan fingerprint density at radius 3 is 2.68 bits per heavy atom. The second-order valence-corrected chi connectivity index (χ2v) is 4.47. The lowest BCUT2D eigenvalue weighted by Gasteiger charge is -2.11. The average Bonchev–Trinajstić information content (AvgIpc) is 2.40. The molecule has 0 aromatic heterocycles. The Kier molecular flexibility index (Phi) is 3.82. The van der Waals surface area contributed by atoms with Gasteiger partial charge in [-0.25, -0.2) is 4.39 Å². The lowest BCUT2D eigenvalue weighted by Crippen LogP contribution is -2.00. The van der Waals surface area contributed by atoms with Crippen molar-refractivity contribution in [3.05, 3.63) is 64.5 Å². The molecule has 0 spiro atoms. The van der Waals surface area contributed by atoms with Crippen LogP contribution in [-0.4, -0.2) is 0 Å². The van der Waals surface area contributed by atoms with Crippen molar-refractivity contribution in [2.24, 2.45) is 0 Å². The highest BCUT2D eigenvalue weighted by atomic mass is 19.1. The van der Waals surface area contributed by atoms with E-state index in [2.05, 4.69) is 0 Å². The molecule has 2 aromatic rings. The summed E-state index contributed by atoms with van der Waals surface area (Å²) in [5, 5.41) is 8.98. The van der Waals surface area contributed by atoms with Crippen LogP contribution in [0.5, 0.6) is 5.75 Å². The molecular formula is C16H14FNO. The van der Waals surface area contributed by atoms with Gasteiger partial charge in [0.05, 0.1) is 11.6 Å². The summed E-state index contributed by atoms with van der Waals surface area (Å²) < 4.78 is 18.9. The van der Waals surface area contributed by atoms with Gasteiger partial charge in [-0.2, -0.15) is 5.26 Å². The van der Waals surface area contributed by atoms with Crippen LogP contribution in [-0.2, 0) is 6.61 Å². The molecule has 0 fully saturated rings. The molecule has 0 aliphatic rings. The van der Waals surface area contributed by atoms with E-state index in [1.54, 1.807) is 0 Å². The monoisotopic (exact) mass is 255 g/mol. The summed E-state index contributed by atoms with van der Waals surface area (Å²) in [5.74, 6) is 0.395. The SMILES string of the molecule is Cc1ccc(C)c(OCc2cc(F)ccc2C#N)c1. The third kappa shape index (κ3) is 3.11. The molecule has 0 N–H and O–H groups in total. The molecule has 0 aliphatic heterocycles. The van der Waals surface area contributed by atoms with Gasteiger partial charge in [0, 0.05) is 5.56 Å². The maximum absolute atomic E-state index is 13.2. The van der Waals surface area contributed by atoms with E-state index in [0.717, 1.165) is 16.9 Å². The van der Waals surface area contributed by atoms with Crippen LogP contribution < -0.4 is 4.74 Å². The summed E-state index contributed by atoms with van der Waals surface area (Å²) in [4.78, 5) is 0. The molecule has 0 saturated heterocycles. The molecule has 0 radical (unpaired) electrons. The second-order valence-electron chi connectivity index (χ2n) is 4.47. The Balaban J connectivity index is 2.21. The summed E-state index contributed by atoms with van der Waals surface area (Å²) >= 11 is 0. The molecule has 96 valence electrons. The summed E-state index contributed by atoms with van der Waals surface area (Å²) in [6, 6.07) is 12.0. The fourth-order valence-electron chi connectivity index (χ4n) is 1.81. The van der Waals surface area contributed by atoms with E-state index in [1.165, 1.54) is 18.2 Å². The minimum absolute atomic E-state index is 0.185. The van der Waals surface area contributed by atoms with Gasteiger partial charge in [0.15, 0.2) is 0 Å². The highest BCUT2D eigenvalue weighted by Crippen LogP contribution is 2.21. The van der Waals surface area contributed by atoms with Crippen LogP contribution in [0.25, 0.3) is 0 Å². The van der Waals surface area contributed by atoms with Crippen LogP contribution in [0, 0.1) is 31.0 Å². The van der Waals surface area contributed by atoms with Crippen molar-refractivity contribution in [3.63, 3.8) is 0 Å². The molecule has 0 aliphatic carbocycles. The number of rotatable bonds is 3. The first-order valence-electron chi connectivity index (χ1n) is 5.99. The number of benzene rings is 2. The first-order valence-corrected chi connectivity index (χ1v) is 5.99. The largest absolute Gasteiger partial charge is 0.489 e. The van der Waals surface area contributed by atoms with Gasteiger partial charge >= 0.3 is 0 Å². The number of hydrogen-bond acceptors (Lipinski definition) is 2. The summed E-state index contributed by atoms with van der Waals surface area (Å²) in [6.45, 7) is 4.12. The zero-order valence-corrected chi connectivity index (χ0v) is 10.9. The number of ether oxygens (including phenoxy) is 1. The van der Waals surface area contributed by atoms with Crippen molar-refractivity contribution in [2.75, 3.05) is 0 Å². The summed E-state index contributed by atoms with van der Waals surface area (Å²) in [5.41, 5.74) is 3.11. The molecule has 0 heterocycles. The van der Waals surface area contributed by atoms with Crippen LogP contribution in [0.4, 0.5) is 4.39 Å². The highest BCUT2D eigenvalue weighted by molar-refractivity contribution is 5.39. The van der Waals surface area contributed by atoms with Gasteiger partial charge in [-0.1, -0.05) is 12.1 Å². The van der Waals surface area contributed by atoms with Crippen molar-refractivity contribution < 1.29 is 9.13 Å². The van der Waals surface area contributed by atoms with Gasteiger partial charge in [-0.15, -0.1) is 0 Å². The smallest absolute Gasteiger partial charge is 0.123 e. The van der Waals surface area contributed by atoms with Gasteiger partial charge in [0.2, 0.25) is 0 Å². The second kappa shape index (κ2) is 5.53. The molecule has 0 bridgehead atoms. The predicted molar refractivity (Wildman–Crippen MR) is 71.4 cm³/mol. The third-order valence-corrected chi connectivity index (χ3v) is 2.91. The first kappa shape index (κ1) is 13.1. The number of nitrogens with zero attached hydrogens (tertiary/aromatic N) is 1. The van der Waals surface area contributed by atoms with Gasteiger partial charge in [0.25, 0.3) is 0 Å². The van der Waals surface area contributed by atoms with Crippen LogP contribution in [0.3, 0.4) is 0 Å². The van der Waals surface area contributed by atoms with Crippen molar-refractivity contribution in [3.8, 4) is 11.8 Å². The van der Waals surface area contributed by atoms with E-state index >= 15 is 0 Å². The van der Waals surface area contributed by atoms with Gasteiger partial charge in [0.1, 0.15) is 18.2 Å². The topological polar surface area (TPSA) is 33.0 Å². The quantitative estimate of drug-likeness (QED) is 0.833. The van der Waals surface area contributed by atoms with E-state index in [-0.39, 0.29) is 12.4 Å². The number of halogens is 1. The Morgan fingerprint density at radius 1 is 1.16 bits per heavy atom. The predicted octanol–water partition coefficient (Wildman–Crippen LogP) is 3.89. The Hall–Kier alpha value is -2.34. The molecule has 19 heavy (non-hydrogen) atoms. The van der Waals surface area contributed by atoms with E-state index in [1.807, 2.05) is 38.1 Å². The van der Waals surface area contributed by atoms with E-state index in [4.69, 9.17) is 10.00 Å². The average molecular weight is 255 g/mol. The van der Waals surface area contributed by atoms with Crippen molar-refractivity contribution in [1.29, 1.82) is 5.26 Å². The van der Waals surface area contributed by atoms with Crippen molar-refractivity contribution >= 4 is 0 Å². The molecule has 2 nitrogen and oxygen atoms in total. The third-order valence-electron chi connectivity index (χ3n) is 2.91. The molecule has 0 saturated carbocycles. The zero-order chi connectivity index (χ0) is 13.8. The normalized spacial score (nSPS) is 10.0. The lowest BCUT2D eigenvalue weighted by atomic mass is 10.1. The van der Waals surface area contributed by atoms with Crippen molar-refractivity contribution in [2.45, 2.75) is 20.5 Å². The van der Waals surface area contributed by atoms with Gasteiger partial charge in [-0.3, -0.25) is 0 Å². The molecule has 2 aromatic carbocycles. The van der Waals surface area contributed by atoms with Crippen LogP contribution in [0.1, 0.15) is 22.3 Å². The molecule has 0 amide bonds. The van der Waals surface area contributed by atoms with Crippen LogP contribution >= 0.6 is 0 Å². The minimum atomic E-state index is -0.362. The molecule has 0 atom stereocenters. The fraction of sp³-hybridized carbons (Fsp3) is 0.188. The fourth-order valence-corrected chi connectivity index (χ4v) is 1.81. The standard InChI is InChI=1S/C16H14FNO/c1-11-3-4-12(2)16(7-11)19-10-14-8-15(17)6-5-13(14)9-18/h3-8H,10H2,1-2H3. The lowest BCUT2D eigenvalue weighted by molar-refractivity contribution is 0.303. The summed E-state index contributed by atoms with van der Waals surface area (Å²) in [6.07, 6.45) is 0. The minimum Gasteiger partial charge on any atom is -0.489 e. The Morgan fingerprint density at radius 2 is 1.95 bits per heavy atom.